The number of likely N-dealkylation sites (tertiary alicyclic amines) is 1. The van der Waals surface area contributed by atoms with Gasteiger partial charge < -0.3 is 40.4 Å². The number of pyridine rings is 1. The molecule has 3 amide bonds. The standard InChI is InChI=1S/C47H48N6O7/c1-52(45(58)23-26-53-24-21-36(22-25-53)60-47(59)50-40-16-6-5-15-37(40)32-10-3-2-4-11-32)35-14-7-9-31(27-35)28-44(57)49-34-13-8-12-33(29-34)48-30-42(55)38-17-19-41(54)46-39(38)18-20-43(56)51-46/h2-20,27,29,36,42,48,54-55H,21-26,28,30H2,1H3,(H,49,57)(H,50,59)(H,51,56)/t42-/m0/s1. The molecule has 0 spiro atoms. The van der Waals surface area contributed by atoms with Crippen molar-refractivity contribution in [1.29, 1.82) is 0 Å². The molecule has 0 saturated carbocycles. The third-order valence-electron chi connectivity index (χ3n) is 10.6. The van der Waals surface area contributed by atoms with E-state index < -0.39 is 12.2 Å². The minimum atomic E-state index is -0.955. The van der Waals surface area contributed by atoms with E-state index in [-0.39, 0.29) is 47.7 Å². The fourth-order valence-electron chi connectivity index (χ4n) is 7.42. The molecule has 2 heterocycles. The second kappa shape index (κ2) is 19.2. The van der Waals surface area contributed by atoms with Crippen LogP contribution in [0.1, 0.15) is 36.5 Å². The number of aliphatic hydroxyl groups is 1. The quantitative estimate of drug-likeness (QED) is 0.0660. The van der Waals surface area contributed by atoms with Crippen molar-refractivity contribution in [3.8, 4) is 16.9 Å². The maximum Gasteiger partial charge on any atom is 0.411 e. The second-order valence-corrected chi connectivity index (χ2v) is 14.8. The summed E-state index contributed by atoms with van der Waals surface area (Å²) in [7, 11) is 1.73. The summed E-state index contributed by atoms with van der Waals surface area (Å²) < 4.78 is 5.78. The van der Waals surface area contributed by atoms with Gasteiger partial charge in [-0.3, -0.25) is 19.7 Å². The Labute approximate surface area is 347 Å². The molecule has 60 heavy (non-hydrogen) atoms. The van der Waals surface area contributed by atoms with E-state index in [1.54, 1.807) is 42.3 Å². The number of para-hydroxylation sites is 1. The highest BCUT2D eigenvalue weighted by Gasteiger charge is 2.24. The largest absolute Gasteiger partial charge is 0.506 e. The van der Waals surface area contributed by atoms with Gasteiger partial charge in [-0.05, 0) is 78.1 Å². The normalized spacial score (nSPS) is 13.6. The Bertz CT molecular complexity index is 2520. The molecule has 0 unspecified atom stereocenters. The van der Waals surface area contributed by atoms with Gasteiger partial charge in [0, 0.05) is 73.7 Å². The van der Waals surface area contributed by atoms with Gasteiger partial charge in [0.05, 0.1) is 23.7 Å². The predicted molar refractivity (Wildman–Crippen MR) is 234 cm³/mol. The summed E-state index contributed by atoms with van der Waals surface area (Å²) in [6.45, 7) is 2.14. The number of fused-ring (bicyclic) bond motifs is 1. The highest BCUT2D eigenvalue weighted by atomic mass is 16.6. The maximum absolute atomic E-state index is 13.3. The molecular weight excluding hydrogens is 761 g/mol. The van der Waals surface area contributed by atoms with Crippen molar-refractivity contribution in [2.45, 2.75) is 37.9 Å². The Morgan fingerprint density at radius 3 is 2.42 bits per heavy atom. The van der Waals surface area contributed by atoms with Gasteiger partial charge in [-0.2, -0.15) is 0 Å². The number of aromatic amines is 1. The van der Waals surface area contributed by atoms with Crippen molar-refractivity contribution in [3.05, 3.63) is 149 Å². The van der Waals surface area contributed by atoms with Crippen LogP contribution in [0.15, 0.2) is 132 Å². The number of phenolic OH excluding ortho intramolecular Hbond substituents is 1. The van der Waals surface area contributed by atoms with E-state index in [4.69, 9.17) is 4.74 Å². The number of carbonyl (C=O) groups excluding carboxylic acids is 3. The number of anilines is 4. The van der Waals surface area contributed by atoms with Crippen molar-refractivity contribution in [3.63, 3.8) is 0 Å². The number of hydrogen-bond acceptors (Lipinski definition) is 9. The summed E-state index contributed by atoms with van der Waals surface area (Å²) >= 11 is 0. The Morgan fingerprint density at radius 1 is 0.850 bits per heavy atom. The maximum atomic E-state index is 13.3. The summed E-state index contributed by atoms with van der Waals surface area (Å²) in [5, 5.41) is 30.7. The van der Waals surface area contributed by atoms with Crippen molar-refractivity contribution in [2.75, 3.05) is 54.1 Å². The number of hydrogen-bond donors (Lipinski definition) is 6. The molecule has 13 heteroatoms. The number of rotatable bonds is 14. The number of H-pyrrole nitrogens is 1. The molecule has 1 saturated heterocycles. The molecule has 1 fully saturated rings. The molecule has 6 aromatic rings. The summed E-state index contributed by atoms with van der Waals surface area (Å²) in [4.78, 5) is 57.4. The van der Waals surface area contributed by atoms with Crippen molar-refractivity contribution >= 4 is 51.6 Å². The van der Waals surface area contributed by atoms with Crippen LogP contribution >= 0.6 is 0 Å². The van der Waals surface area contributed by atoms with E-state index in [0.29, 0.717) is 72.6 Å². The van der Waals surface area contributed by atoms with Gasteiger partial charge in [-0.25, -0.2) is 4.79 Å². The van der Waals surface area contributed by atoms with Crippen LogP contribution < -0.4 is 26.4 Å². The third-order valence-corrected chi connectivity index (χ3v) is 10.6. The SMILES string of the molecule is CN(C(=O)CCN1CCC(OC(=O)Nc2ccccc2-c2ccccc2)CC1)c1cccc(CC(=O)Nc2cccc(NC[C@H](O)c3ccc(O)c4[nH]c(=O)ccc34)c2)c1. The van der Waals surface area contributed by atoms with E-state index in [1.165, 1.54) is 12.1 Å². The van der Waals surface area contributed by atoms with Gasteiger partial charge in [0.25, 0.3) is 0 Å². The fraction of sp³-hybridized carbons (Fsp3) is 0.234. The van der Waals surface area contributed by atoms with Crippen molar-refractivity contribution in [1.82, 2.24) is 9.88 Å². The summed E-state index contributed by atoms with van der Waals surface area (Å²) in [5.41, 5.74) is 5.74. The lowest BCUT2D eigenvalue weighted by Gasteiger charge is -2.31. The number of aliphatic hydroxyl groups excluding tert-OH is 1. The lowest BCUT2D eigenvalue weighted by atomic mass is 10.0. The number of nitrogens with zero attached hydrogens (tertiary/aromatic N) is 2. The Morgan fingerprint density at radius 2 is 1.60 bits per heavy atom. The fourth-order valence-corrected chi connectivity index (χ4v) is 7.42. The lowest BCUT2D eigenvalue weighted by molar-refractivity contribution is -0.118. The monoisotopic (exact) mass is 808 g/mol. The van der Waals surface area contributed by atoms with E-state index in [0.717, 1.165) is 16.7 Å². The zero-order valence-electron chi connectivity index (χ0n) is 33.3. The van der Waals surface area contributed by atoms with E-state index in [1.807, 2.05) is 84.9 Å². The number of amides is 3. The minimum absolute atomic E-state index is 0.0469. The van der Waals surface area contributed by atoms with Gasteiger partial charge in [0.2, 0.25) is 17.4 Å². The average molecular weight is 809 g/mol. The third kappa shape index (κ3) is 10.6. The van der Waals surface area contributed by atoms with E-state index in [9.17, 15) is 29.4 Å². The zero-order chi connectivity index (χ0) is 42.0. The predicted octanol–water partition coefficient (Wildman–Crippen LogP) is 7.29. The smallest absolute Gasteiger partial charge is 0.411 e. The van der Waals surface area contributed by atoms with Crippen LogP contribution in [0.3, 0.4) is 0 Å². The number of ether oxygens (including phenoxy) is 1. The zero-order valence-corrected chi connectivity index (χ0v) is 33.3. The first-order valence-corrected chi connectivity index (χ1v) is 20.0. The van der Waals surface area contributed by atoms with Crippen molar-refractivity contribution in [2.24, 2.45) is 0 Å². The molecule has 1 atom stereocenters. The van der Waals surface area contributed by atoms with Gasteiger partial charge >= 0.3 is 6.09 Å². The molecule has 0 radical (unpaired) electrons. The second-order valence-electron chi connectivity index (χ2n) is 14.8. The molecule has 5 aromatic carbocycles. The van der Waals surface area contributed by atoms with Gasteiger partial charge in [-0.15, -0.1) is 0 Å². The number of benzene rings is 5. The molecule has 1 aromatic heterocycles. The first-order valence-electron chi connectivity index (χ1n) is 20.0. The molecule has 1 aliphatic rings. The molecular formula is C47H48N6O7. The van der Waals surface area contributed by atoms with Crippen LogP contribution in [0, 0.1) is 0 Å². The van der Waals surface area contributed by atoms with Gasteiger partial charge in [0.15, 0.2) is 0 Å². The number of nitrogens with one attached hydrogen (secondary N) is 4. The molecule has 1 aliphatic heterocycles. The first kappa shape index (κ1) is 41.2. The summed E-state index contributed by atoms with van der Waals surface area (Å²) in [6.07, 6.45) is 0.118. The highest BCUT2D eigenvalue weighted by molar-refractivity contribution is 5.95. The topological polar surface area (TPSA) is 176 Å². The van der Waals surface area contributed by atoms with Gasteiger partial charge in [-0.1, -0.05) is 72.8 Å². The van der Waals surface area contributed by atoms with Crippen LogP contribution in [0.25, 0.3) is 22.0 Å². The van der Waals surface area contributed by atoms with Crippen LogP contribution in [0.4, 0.5) is 27.5 Å². The average Bonchev–Trinajstić information content (AvgIpc) is 3.26. The first-order chi connectivity index (χ1) is 29.1. The van der Waals surface area contributed by atoms with E-state index in [2.05, 4.69) is 25.8 Å². The van der Waals surface area contributed by atoms with Crippen LogP contribution in [0.5, 0.6) is 5.75 Å². The number of piperidine rings is 1. The highest BCUT2D eigenvalue weighted by Crippen LogP contribution is 2.30. The van der Waals surface area contributed by atoms with Crippen molar-refractivity contribution < 1.29 is 29.3 Å². The molecule has 308 valence electrons. The van der Waals surface area contributed by atoms with Gasteiger partial charge in [0.1, 0.15) is 11.9 Å². The number of aromatic hydroxyl groups is 1. The molecule has 6 N–H and O–H groups in total. The minimum Gasteiger partial charge on any atom is -0.506 e. The number of phenols is 1. The molecule has 13 nitrogen and oxygen atoms in total. The number of aromatic nitrogens is 1. The summed E-state index contributed by atoms with van der Waals surface area (Å²) in [6, 6.07) is 38.0. The van der Waals surface area contributed by atoms with Crippen LogP contribution in [-0.4, -0.2) is 77.3 Å². The van der Waals surface area contributed by atoms with E-state index >= 15 is 0 Å². The molecule has 7 rings (SSSR count). The van der Waals surface area contributed by atoms with Crippen LogP contribution in [-0.2, 0) is 20.7 Å². The Kier molecular flexibility index (Phi) is 13.2. The lowest BCUT2D eigenvalue weighted by Crippen LogP contribution is -2.40. The molecule has 0 aliphatic carbocycles. The number of carbonyl (C=O) groups is 3. The molecule has 0 bridgehead atoms. The summed E-state index contributed by atoms with van der Waals surface area (Å²) in [5.74, 6) is -0.362. The Hall–Kier alpha value is -6.96. The Balaban J connectivity index is 0.841. The van der Waals surface area contributed by atoms with Crippen LogP contribution in [0.2, 0.25) is 0 Å².